The smallest absolute Gasteiger partial charge is 0.178 e. The summed E-state index contributed by atoms with van der Waals surface area (Å²) < 4.78 is 11.1. The molecule has 0 spiro atoms. The highest BCUT2D eigenvalue weighted by Gasteiger charge is 2.24. The van der Waals surface area contributed by atoms with Gasteiger partial charge in [0.2, 0.25) is 0 Å². The highest BCUT2D eigenvalue weighted by molar-refractivity contribution is 9.10. The van der Waals surface area contributed by atoms with E-state index in [0.717, 1.165) is 18.5 Å². The first kappa shape index (κ1) is 13.5. The quantitative estimate of drug-likeness (QED) is 0.900. The van der Waals surface area contributed by atoms with E-state index in [4.69, 9.17) is 9.47 Å². The maximum atomic E-state index is 10.3. The number of nitrogens with one attached hydrogen (secondary N) is 1. The Morgan fingerprint density at radius 2 is 2.11 bits per heavy atom. The molecule has 1 aromatic rings. The number of aromatic hydroxyl groups is 1. The minimum Gasteiger partial charge on any atom is -0.506 e. The van der Waals surface area contributed by atoms with Crippen LogP contribution in [0.1, 0.15) is 30.9 Å². The number of halogens is 1. The molecule has 2 N–H and O–H groups in total. The van der Waals surface area contributed by atoms with Crippen LogP contribution in [0.3, 0.4) is 0 Å². The van der Waals surface area contributed by atoms with E-state index in [2.05, 4.69) is 21.2 Å². The normalized spacial score (nSPS) is 19.6. The van der Waals surface area contributed by atoms with Gasteiger partial charge in [-0.15, -0.1) is 0 Å². The molecule has 1 aliphatic heterocycles. The Hall–Kier alpha value is -0.940. The molecule has 0 amide bonds. The molecule has 1 aliphatic rings. The maximum Gasteiger partial charge on any atom is 0.178 e. The molecule has 2 rings (SSSR count). The van der Waals surface area contributed by atoms with Crippen LogP contribution in [0, 0.1) is 0 Å². The van der Waals surface area contributed by atoms with Crippen molar-refractivity contribution in [1.82, 2.24) is 5.32 Å². The Bertz CT molecular complexity index is 431. The maximum absolute atomic E-state index is 10.3. The van der Waals surface area contributed by atoms with E-state index in [0.29, 0.717) is 16.0 Å². The highest BCUT2D eigenvalue weighted by Crippen LogP contribution is 2.46. The fourth-order valence-corrected chi connectivity index (χ4v) is 2.93. The van der Waals surface area contributed by atoms with Crippen LogP contribution in [-0.2, 0) is 0 Å². The topological polar surface area (TPSA) is 50.7 Å². The van der Waals surface area contributed by atoms with Crippen LogP contribution in [0.2, 0.25) is 0 Å². The highest BCUT2D eigenvalue weighted by atomic mass is 79.9. The summed E-state index contributed by atoms with van der Waals surface area (Å²) in [4.78, 5) is 0. The average molecular weight is 316 g/mol. The first-order valence-electron chi connectivity index (χ1n) is 6.05. The van der Waals surface area contributed by atoms with E-state index >= 15 is 0 Å². The van der Waals surface area contributed by atoms with E-state index in [1.165, 1.54) is 12.8 Å². The number of phenols is 1. The van der Waals surface area contributed by atoms with Gasteiger partial charge in [-0.25, -0.2) is 0 Å². The van der Waals surface area contributed by atoms with E-state index in [1.807, 2.05) is 6.07 Å². The Labute approximate surface area is 115 Å². The van der Waals surface area contributed by atoms with E-state index < -0.39 is 0 Å². The lowest BCUT2D eigenvalue weighted by Crippen LogP contribution is -2.26. The van der Waals surface area contributed by atoms with Crippen molar-refractivity contribution in [2.24, 2.45) is 0 Å². The SMILES string of the molecule is COc1cc(C2CCCCN2)c(O)c(Br)c1OC. The molecule has 0 saturated carbocycles. The molecule has 0 aliphatic carbocycles. The zero-order valence-electron chi connectivity index (χ0n) is 10.6. The summed E-state index contributed by atoms with van der Waals surface area (Å²) in [5.41, 5.74) is 0.860. The van der Waals surface area contributed by atoms with Crippen LogP contribution in [0.5, 0.6) is 17.2 Å². The van der Waals surface area contributed by atoms with Gasteiger partial charge in [0.15, 0.2) is 11.5 Å². The third-order valence-electron chi connectivity index (χ3n) is 3.30. The predicted octanol–water partition coefficient (Wildman–Crippen LogP) is 2.99. The van der Waals surface area contributed by atoms with Crippen molar-refractivity contribution in [2.45, 2.75) is 25.3 Å². The number of hydrogen-bond donors (Lipinski definition) is 2. The molecule has 0 aromatic heterocycles. The van der Waals surface area contributed by atoms with Crippen molar-refractivity contribution < 1.29 is 14.6 Å². The molecule has 18 heavy (non-hydrogen) atoms. The van der Waals surface area contributed by atoms with Gasteiger partial charge in [-0.2, -0.15) is 0 Å². The van der Waals surface area contributed by atoms with Crippen LogP contribution in [0.4, 0.5) is 0 Å². The zero-order valence-corrected chi connectivity index (χ0v) is 12.2. The lowest BCUT2D eigenvalue weighted by atomic mass is 9.96. The minimum atomic E-state index is 0.176. The Morgan fingerprint density at radius 3 is 2.67 bits per heavy atom. The first-order chi connectivity index (χ1) is 8.69. The molecule has 5 heteroatoms. The standard InChI is InChI=1S/C13H18BrNO3/c1-17-10-7-8(9-5-3-4-6-15-9)12(16)11(14)13(10)18-2/h7,9,15-16H,3-6H2,1-2H3. The van der Waals surface area contributed by atoms with Crippen molar-refractivity contribution in [3.8, 4) is 17.2 Å². The third kappa shape index (κ3) is 2.42. The number of piperidine rings is 1. The predicted molar refractivity (Wildman–Crippen MR) is 73.5 cm³/mol. The number of ether oxygens (including phenoxy) is 2. The second-order valence-corrected chi connectivity index (χ2v) is 5.16. The summed E-state index contributed by atoms with van der Waals surface area (Å²) in [7, 11) is 3.15. The molecule has 4 nitrogen and oxygen atoms in total. The summed E-state index contributed by atoms with van der Waals surface area (Å²) >= 11 is 3.37. The summed E-state index contributed by atoms with van der Waals surface area (Å²) in [6, 6.07) is 2.02. The number of hydrogen-bond acceptors (Lipinski definition) is 4. The molecule has 1 saturated heterocycles. The van der Waals surface area contributed by atoms with Crippen LogP contribution < -0.4 is 14.8 Å². The van der Waals surface area contributed by atoms with Gasteiger partial charge in [0.25, 0.3) is 0 Å². The van der Waals surface area contributed by atoms with Gasteiger partial charge >= 0.3 is 0 Å². The molecule has 1 fully saturated rings. The number of methoxy groups -OCH3 is 2. The fourth-order valence-electron chi connectivity index (χ4n) is 2.34. The number of phenolic OH excluding ortho intramolecular Hbond substituents is 1. The third-order valence-corrected chi connectivity index (χ3v) is 4.04. The van der Waals surface area contributed by atoms with Crippen molar-refractivity contribution in [2.75, 3.05) is 20.8 Å². The van der Waals surface area contributed by atoms with Gasteiger partial charge in [-0.05, 0) is 41.4 Å². The van der Waals surface area contributed by atoms with E-state index in [1.54, 1.807) is 14.2 Å². The summed E-state index contributed by atoms with van der Waals surface area (Å²) in [6.45, 7) is 0.982. The van der Waals surface area contributed by atoms with Crippen molar-refractivity contribution in [1.29, 1.82) is 0 Å². The number of benzene rings is 1. The van der Waals surface area contributed by atoms with Gasteiger partial charge in [0, 0.05) is 11.6 Å². The second kappa shape index (κ2) is 5.80. The van der Waals surface area contributed by atoms with Crippen LogP contribution in [0.25, 0.3) is 0 Å². The van der Waals surface area contributed by atoms with Crippen molar-refractivity contribution in [3.05, 3.63) is 16.1 Å². The van der Waals surface area contributed by atoms with Gasteiger partial charge in [0.05, 0.1) is 14.2 Å². The largest absolute Gasteiger partial charge is 0.506 e. The van der Waals surface area contributed by atoms with Gasteiger partial charge in [-0.1, -0.05) is 6.42 Å². The monoisotopic (exact) mass is 315 g/mol. The Morgan fingerprint density at radius 1 is 1.33 bits per heavy atom. The Kier molecular flexibility index (Phi) is 4.35. The van der Waals surface area contributed by atoms with Crippen LogP contribution in [0.15, 0.2) is 10.5 Å². The molecule has 1 heterocycles. The van der Waals surface area contributed by atoms with Crippen molar-refractivity contribution in [3.63, 3.8) is 0 Å². The molecule has 0 bridgehead atoms. The van der Waals surface area contributed by atoms with Gasteiger partial charge in [0.1, 0.15) is 10.2 Å². The molecule has 0 radical (unpaired) electrons. The molecular weight excluding hydrogens is 298 g/mol. The molecular formula is C13H18BrNO3. The molecule has 1 unspecified atom stereocenters. The first-order valence-corrected chi connectivity index (χ1v) is 6.85. The lowest BCUT2D eigenvalue weighted by molar-refractivity contribution is 0.342. The zero-order chi connectivity index (χ0) is 13.1. The van der Waals surface area contributed by atoms with Gasteiger partial charge < -0.3 is 19.9 Å². The van der Waals surface area contributed by atoms with Crippen molar-refractivity contribution >= 4 is 15.9 Å². The molecule has 1 atom stereocenters. The molecule has 100 valence electrons. The Balaban J connectivity index is 2.44. The van der Waals surface area contributed by atoms with E-state index in [-0.39, 0.29) is 11.8 Å². The second-order valence-electron chi connectivity index (χ2n) is 4.37. The van der Waals surface area contributed by atoms with Gasteiger partial charge in [-0.3, -0.25) is 0 Å². The minimum absolute atomic E-state index is 0.176. The van der Waals surface area contributed by atoms with Crippen LogP contribution in [-0.4, -0.2) is 25.9 Å². The molecule has 1 aromatic carbocycles. The average Bonchev–Trinajstić information content (AvgIpc) is 2.42. The fraction of sp³-hybridized carbons (Fsp3) is 0.538. The summed E-state index contributed by atoms with van der Waals surface area (Å²) in [6.07, 6.45) is 3.38. The van der Waals surface area contributed by atoms with Crippen LogP contribution >= 0.6 is 15.9 Å². The summed E-state index contributed by atoms with van der Waals surface area (Å²) in [5.74, 6) is 1.38. The lowest BCUT2D eigenvalue weighted by Gasteiger charge is -2.26. The summed E-state index contributed by atoms with van der Waals surface area (Å²) in [5, 5.41) is 13.7. The number of rotatable bonds is 3. The van der Waals surface area contributed by atoms with E-state index in [9.17, 15) is 5.11 Å².